The van der Waals surface area contributed by atoms with E-state index in [2.05, 4.69) is 0 Å². The lowest BCUT2D eigenvalue weighted by Gasteiger charge is -2.37. The maximum absolute atomic E-state index is 12.2. The summed E-state index contributed by atoms with van der Waals surface area (Å²) in [6.07, 6.45) is 5.33. The third kappa shape index (κ3) is 3.07. The molecule has 1 spiro atoms. The van der Waals surface area contributed by atoms with Crippen LogP contribution in [0.2, 0.25) is 0 Å². The number of carbonyl (C=O) groups is 2. The van der Waals surface area contributed by atoms with Gasteiger partial charge in [0.2, 0.25) is 0 Å². The molecule has 3 fully saturated rings. The quantitative estimate of drug-likeness (QED) is 0.418. The van der Waals surface area contributed by atoms with Crippen molar-refractivity contribution in [2.45, 2.75) is 56.5 Å². The van der Waals surface area contributed by atoms with Crippen molar-refractivity contribution in [1.82, 2.24) is 0 Å². The molecule has 0 radical (unpaired) electrons. The Morgan fingerprint density at radius 2 is 2.17 bits per heavy atom. The van der Waals surface area contributed by atoms with Crippen molar-refractivity contribution in [1.29, 1.82) is 0 Å². The lowest BCUT2D eigenvalue weighted by molar-refractivity contribution is -0.142. The molecule has 6 heteroatoms. The molecule has 2 heterocycles. The number of carbonyl (C=O) groups excluding carboxylic acids is 2. The van der Waals surface area contributed by atoms with E-state index >= 15 is 0 Å². The van der Waals surface area contributed by atoms with Gasteiger partial charge in [0.05, 0.1) is 18.6 Å². The van der Waals surface area contributed by atoms with Gasteiger partial charge in [-0.15, -0.1) is 0 Å². The first-order valence-corrected chi connectivity index (χ1v) is 8.08. The zero-order valence-corrected chi connectivity index (χ0v) is 13.9. The Kier molecular flexibility index (Phi) is 4.33. The fourth-order valence-electron chi connectivity index (χ4n) is 3.88. The fraction of sp³-hybridized carbons (Fsp3) is 0.765. The molecule has 128 valence electrons. The van der Waals surface area contributed by atoms with Crippen LogP contribution in [0.1, 0.15) is 33.1 Å². The molecule has 0 unspecified atom stereocenters. The van der Waals surface area contributed by atoms with E-state index in [0.717, 1.165) is 12.8 Å². The van der Waals surface area contributed by atoms with E-state index in [-0.39, 0.29) is 36.0 Å². The van der Waals surface area contributed by atoms with E-state index in [9.17, 15) is 9.59 Å². The highest BCUT2D eigenvalue weighted by molar-refractivity contribution is 5.85. The monoisotopic (exact) mass is 324 g/mol. The molecule has 5 atom stereocenters. The molecule has 0 N–H and O–H groups in total. The van der Waals surface area contributed by atoms with Gasteiger partial charge in [-0.2, -0.15) is 0 Å². The predicted octanol–water partition coefficient (Wildman–Crippen LogP) is 1.42. The Bertz CT molecular complexity index is 523. The van der Waals surface area contributed by atoms with E-state index in [0.29, 0.717) is 13.0 Å². The summed E-state index contributed by atoms with van der Waals surface area (Å²) in [5.41, 5.74) is -0.654. The summed E-state index contributed by atoms with van der Waals surface area (Å²) < 4.78 is 22.0. The summed E-state index contributed by atoms with van der Waals surface area (Å²) in [6, 6.07) is 0. The molecule has 23 heavy (non-hydrogen) atoms. The van der Waals surface area contributed by atoms with Crippen LogP contribution in [-0.2, 0) is 28.5 Å². The smallest absolute Gasteiger partial charge is 0.302 e. The van der Waals surface area contributed by atoms with Crippen LogP contribution in [0.5, 0.6) is 0 Å². The van der Waals surface area contributed by atoms with Gasteiger partial charge < -0.3 is 18.9 Å². The number of hydrogen-bond donors (Lipinski definition) is 0. The SMILES string of the molecule is CO[C@@H]1C(=O)CC[C@]2(CO2)[C@H]1[C@@]1(C)O[C@@H]1C/C=C/COC(C)=O. The number of hydrogen-bond acceptors (Lipinski definition) is 6. The van der Waals surface area contributed by atoms with E-state index in [1.807, 2.05) is 19.1 Å². The fourth-order valence-corrected chi connectivity index (χ4v) is 3.88. The van der Waals surface area contributed by atoms with Gasteiger partial charge in [-0.25, -0.2) is 0 Å². The minimum Gasteiger partial charge on any atom is -0.462 e. The Labute approximate surface area is 136 Å². The molecular formula is C17H24O6. The van der Waals surface area contributed by atoms with Crippen molar-refractivity contribution in [3.63, 3.8) is 0 Å². The summed E-state index contributed by atoms with van der Waals surface area (Å²) in [4.78, 5) is 22.9. The van der Waals surface area contributed by atoms with Crippen molar-refractivity contribution in [3.05, 3.63) is 12.2 Å². The van der Waals surface area contributed by atoms with Crippen molar-refractivity contribution in [3.8, 4) is 0 Å². The second-order valence-corrected chi connectivity index (χ2v) is 6.75. The molecule has 6 nitrogen and oxygen atoms in total. The van der Waals surface area contributed by atoms with Crippen LogP contribution in [-0.4, -0.2) is 55.5 Å². The standard InChI is InChI=1S/C17H24O6/c1-11(18)21-9-5-4-6-13-16(2,23-13)15-14(20-3)12(19)7-8-17(15)10-22-17/h4-5,13-15H,6-10H2,1-3H3/b5-4+/t13-,14-,15-,16+,17+/m1/s1. The maximum atomic E-state index is 12.2. The zero-order chi connectivity index (χ0) is 16.7. The first kappa shape index (κ1) is 16.6. The summed E-state index contributed by atoms with van der Waals surface area (Å²) in [6.45, 7) is 4.37. The summed E-state index contributed by atoms with van der Waals surface area (Å²) in [5.74, 6) is -0.216. The van der Waals surface area contributed by atoms with Crippen LogP contribution in [0, 0.1) is 5.92 Å². The topological polar surface area (TPSA) is 77.7 Å². The second kappa shape index (κ2) is 6.00. The van der Waals surface area contributed by atoms with Gasteiger partial charge in [0.25, 0.3) is 0 Å². The minimum absolute atomic E-state index is 0.0331. The van der Waals surface area contributed by atoms with Crippen LogP contribution in [0.25, 0.3) is 0 Å². The second-order valence-electron chi connectivity index (χ2n) is 6.75. The molecule has 3 aliphatic rings. The lowest BCUT2D eigenvalue weighted by atomic mass is 9.69. The molecule has 0 aromatic carbocycles. The molecule has 0 bridgehead atoms. The van der Waals surface area contributed by atoms with E-state index in [1.54, 1.807) is 7.11 Å². The lowest BCUT2D eigenvalue weighted by Crippen LogP contribution is -2.52. The number of ketones is 1. The number of Topliss-reactive ketones (excluding diaryl/α,β-unsaturated/α-hetero) is 1. The van der Waals surface area contributed by atoms with Crippen LogP contribution in [0.3, 0.4) is 0 Å². The molecule has 2 aliphatic heterocycles. The van der Waals surface area contributed by atoms with Crippen molar-refractivity contribution >= 4 is 11.8 Å². The van der Waals surface area contributed by atoms with Crippen molar-refractivity contribution in [2.24, 2.45) is 5.92 Å². The molecule has 0 aromatic rings. The minimum atomic E-state index is -0.453. The molecule has 1 saturated carbocycles. The van der Waals surface area contributed by atoms with Gasteiger partial charge in [-0.3, -0.25) is 9.59 Å². The predicted molar refractivity (Wildman–Crippen MR) is 80.9 cm³/mol. The number of methoxy groups -OCH3 is 1. The first-order chi connectivity index (χ1) is 10.9. The van der Waals surface area contributed by atoms with Crippen LogP contribution in [0.15, 0.2) is 12.2 Å². The van der Waals surface area contributed by atoms with Gasteiger partial charge in [-0.05, 0) is 19.8 Å². The van der Waals surface area contributed by atoms with Crippen LogP contribution in [0.4, 0.5) is 0 Å². The normalized spacial score (nSPS) is 42.2. The van der Waals surface area contributed by atoms with E-state index in [1.165, 1.54) is 6.92 Å². The molecule has 1 aliphatic carbocycles. The Morgan fingerprint density at radius 1 is 1.43 bits per heavy atom. The summed E-state index contributed by atoms with van der Waals surface area (Å²) in [7, 11) is 1.58. The third-order valence-corrected chi connectivity index (χ3v) is 5.25. The highest BCUT2D eigenvalue weighted by atomic mass is 16.6. The van der Waals surface area contributed by atoms with E-state index in [4.69, 9.17) is 18.9 Å². The van der Waals surface area contributed by atoms with Crippen molar-refractivity contribution in [2.75, 3.05) is 20.3 Å². The highest BCUT2D eigenvalue weighted by Crippen LogP contribution is 2.58. The van der Waals surface area contributed by atoms with Gasteiger partial charge in [0.15, 0.2) is 5.78 Å². The Balaban J connectivity index is 1.61. The molecule has 0 amide bonds. The van der Waals surface area contributed by atoms with Crippen LogP contribution < -0.4 is 0 Å². The third-order valence-electron chi connectivity index (χ3n) is 5.25. The van der Waals surface area contributed by atoms with Crippen molar-refractivity contribution < 1.29 is 28.5 Å². The molecule has 2 saturated heterocycles. The molecule has 0 aromatic heterocycles. The highest BCUT2D eigenvalue weighted by Gasteiger charge is 2.71. The summed E-state index contributed by atoms with van der Waals surface area (Å²) >= 11 is 0. The maximum Gasteiger partial charge on any atom is 0.302 e. The Morgan fingerprint density at radius 3 is 2.78 bits per heavy atom. The van der Waals surface area contributed by atoms with Gasteiger partial charge >= 0.3 is 5.97 Å². The number of ether oxygens (including phenoxy) is 4. The largest absolute Gasteiger partial charge is 0.462 e. The van der Waals surface area contributed by atoms with E-state index < -0.39 is 11.7 Å². The number of esters is 1. The average molecular weight is 324 g/mol. The van der Waals surface area contributed by atoms with Gasteiger partial charge in [0, 0.05) is 20.5 Å². The first-order valence-electron chi connectivity index (χ1n) is 8.08. The van der Waals surface area contributed by atoms with Gasteiger partial charge in [-0.1, -0.05) is 12.2 Å². The Hall–Kier alpha value is -1.24. The number of epoxide rings is 2. The summed E-state index contributed by atoms with van der Waals surface area (Å²) in [5, 5.41) is 0. The number of rotatable bonds is 6. The zero-order valence-electron chi connectivity index (χ0n) is 13.9. The average Bonchev–Trinajstić information content (AvgIpc) is 3.40. The molecule has 3 rings (SSSR count). The van der Waals surface area contributed by atoms with Gasteiger partial charge in [0.1, 0.15) is 23.9 Å². The molecular weight excluding hydrogens is 300 g/mol. The van der Waals surface area contributed by atoms with Crippen LogP contribution >= 0.6 is 0 Å².